The Hall–Kier alpha value is -1.30. The van der Waals surface area contributed by atoms with Gasteiger partial charge >= 0.3 is 0 Å². The molecule has 21 heavy (non-hydrogen) atoms. The summed E-state index contributed by atoms with van der Waals surface area (Å²) >= 11 is 0. The number of hydrogen-bond acceptors (Lipinski definition) is 2. The highest BCUT2D eigenvalue weighted by Gasteiger charge is 2.20. The summed E-state index contributed by atoms with van der Waals surface area (Å²) in [7, 11) is 1.00. The van der Waals surface area contributed by atoms with Gasteiger partial charge in [-0.1, -0.05) is 32.4 Å². The fourth-order valence-electron chi connectivity index (χ4n) is 2.57. The van der Waals surface area contributed by atoms with E-state index in [1.54, 1.807) is 11.1 Å². The summed E-state index contributed by atoms with van der Waals surface area (Å²) in [5.74, 6) is 0.759. The van der Waals surface area contributed by atoms with Crippen LogP contribution >= 0.6 is 0 Å². The third kappa shape index (κ3) is 8.55. The number of unbranched alkanes of at least 4 members (excludes halogenated alkanes) is 1. The Morgan fingerprint density at radius 1 is 1.29 bits per heavy atom. The number of piperidine rings is 1. The lowest BCUT2D eigenvalue weighted by Crippen LogP contribution is -2.34. The van der Waals surface area contributed by atoms with Crippen molar-refractivity contribution in [1.29, 1.82) is 0 Å². The molecule has 0 aromatic carbocycles. The molecule has 2 rings (SSSR count). The molecule has 2 heteroatoms. The zero-order valence-electron chi connectivity index (χ0n) is 14.1. The molecule has 0 bridgehead atoms. The number of aliphatic hydroxyl groups is 1. The molecule has 1 unspecified atom stereocenters. The van der Waals surface area contributed by atoms with Crippen molar-refractivity contribution in [2.45, 2.75) is 39.5 Å². The van der Waals surface area contributed by atoms with Crippen LogP contribution in [0.5, 0.6) is 0 Å². The Balaban J connectivity index is 0. The molecule has 0 aromatic rings. The monoisotopic (exact) mass is 291 g/mol. The van der Waals surface area contributed by atoms with Gasteiger partial charge in [0.25, 0.3) is 0 Å². The maximum atomic E-state index is 7.00. The number of fused-ring (bicyclic) bond motifs is 1. The first kappa shape index (κ1) is 22.0. The van der Waals surface area contributed by atoms with Crippen LogP contribution in [0.1, 0.15) is 39.5 Å². The molecule has 1 saturated heterocycles. The molecule has 1 heterocycles. The molecular formula is C19H33NO. The third-order valence-electron chi connectivity index (χ3n) is 3.55. The van der Waals surface area contributed by atoms with Crippen molar-refractivity contribution in [3.63, 3.8) is 0 Å². The molecule has 1 fully saturated rings. The molecule has 2 nitrogen and oxygen atoms in total. The van der Waals surface area contributed by atoms with E-state index in [0.717, 1.165) is 13.0 Å². The number of hydrogen-bond donors (Lipinski definition) is 1. The number of rotatable bonds is 3. The van der Waals surface area contributed by atoms with Gasteiger partial charge in [0.05, 0.1) is 0 Å². The minimum atomic E-state index is 0.759. The third-order valence-corrected chi connectivity index (χ3v) is 3.55. The van der Waals surface area contributed by atoms with Gasteiger partial charge in [0, 0.05) is 20.2 Å². The molecule has 2 aliphatic rings. The van der Waals surface area contributed by atoms with Crippen LogP contribution in [0.4, 0.5) is 0 Å². The highest BCUT2D eigenvalue weighted by molar-refractivity contribution is 5.37. The molecule has 0 amide bonds. The second kappa shape index (κ2) is 15.1. The molecule has 0 saturated carbocycles. The van der Waals surface area contributed by atoms with Crippen LogP contribution in [-0.2, 0) is 0 Å². The van der Waals surface area contributed by atoms with Gasteiger partial charge in [0.1, 0.15) is 0 Å². The van der Waals surface area contributed by atoms with E-state index in [4.69, 9.17) is 5.11 Å². The van der Waals surface area contributed by atoms with E-state index in [9.17, 15) is 0 Å². The highest BCUT2D eigenvalue weighted by atomic mass is 16.2. The molecule has 120 valence electrons. The zero-order valence-corrected chi connectivity index (χ0v) is 14.1. The highest BCUT2D eigenvalue weighted by Crippen LogP contribution is 2.29. The van der Waals surface area contributed by atoms with Crippen molar-refractivity contribution in [2.24, 2.45) is 5.92 Å². The average Bonchev–Trinajstić information content (AvgIpc) is 2.58. The molecule has 0 spiro atoms. The van der Waals surface area contributed by atoms with Crippen molar-refractivity contribution in [3.05, 3.63) is 36.5 Å². The number of allylic oxidation sites excluding steroid dienone is 2. The first-order valence-electron chi connectivity index (χ1n) is 7.70. The zero-order chi connectivity index (χ0) is 16.7. The lowest BCUT2D eigenvalue weighted by Gasteiger charge is -2.33. The summed E-state index contributed by atoms with van der Waals surface area (Å²) in [6.45, 7) is 14.4. The number of aliphatic hydroxyl groups excluding tert-OH is 1. The van der Waals surface area contributed by atoms with Crippen molar-refractivity contribution in [2.75, 3.05) is 26.7 Å². The Kier molecular flexibility index (Phi) is 15.8. The summed E-state index contributed by atoms with van der Waals surface area (Å²) in [6, 6.07) is 0. The second-order valence-corrected chi connectivity index (χ2v) is 5.01. The van der Waals surface area contributed by atoms with Crippen LogP contribution in [0.3, 0.4) is 0 Å². The molecule has 1 aliphatic carbocycles. The van der Waals surface area contributed by atoms with E-state index >= 15 is 0 Å². The summed E-state index contributed by atoms with van der Waals surface area (Å²) in [6.07, 6.45) is 18.2. The molecule has 0 aromatic heterocycles. The molecule has 1 aliphatic heterocycles. The summed E-state index contributed by atoms with van der Waals surface area (Å²) in [5, 5.41) is 7.00. The van der Waals surface area contributed by atoms with Crippen molar-refractivity contribution in [1.82, 2.24) is 4.90 Å². The van der Waals surface area contributed by atoms with Crippen LogP contribution in [0, 0.1) is 18.8 Å². The number of likely N-dealkylation sites (tertiary alicyclic amines) is 1. The standard InChI is InChI=1S/C14H23N.C2H4.C2H2.CH4O/c1-3-4-8-15-9-7-13-6-5-12(2)10-14(13)11-15;3*1-2/h6,10,12H,3-5,7-9,11H2,1-2H3;1-2H2;1-2H;2H,1H3. The van der Waals surface area contributed by atoms with Gasteiger partial charge in [-0.2, -0.15) is 0 Å². The predicted octanol–water partition coefficient (Wildman–Crippen LogP) is 4.04. The van der Waals surface area contributed by atoms with Crippen LogP contribution in [0.2, 0.25) is 0 Å². The van der Waals surface area contributed by atoms with E-state index in [2.05, 4.69) is 56.9 Å². The maximum absolute atomic E-state index is 7.00. The van der Waals surface area contributed by atoms with E-state index in [1.165, 1.54) is 45.3 Å². The van der Waals surface area contributed by atoms with Crippen molar-refractivity contribution < 1.29 is 5.11 Å². The van der Waals surface area contributed by atoms with E-state index < -0.39 is 0 Å². The fourth-order valence-corrected chi connectivity index (χ4v) is 2.57. The van der Waals surface area contributed by atoms with Gasteiger partial charge in [-0.05, 0) is 42.9 Å². The van der Waals surface area contributed by atoms with Gasteiger partial charge in [-0.15, -0.1) is 26.0 Å². The molecule has 1 N–H and O–H groups in total. The molecule has 1 atom stereocenters. The minimum Gasteiger partial charge on any atom is -0.400 e. The Bertz CT molecular complexity index is 328. The molecule has 0 radical (unpaired) electrons. The van der Waals surface area contributed by atoms with Crippen LogP contribution in [-0.4, -0.2) is 36.8 Å². The largest absolute Gasteiger partial charge is 0.400 e. The first-order chi connectivity index (χ1) is 10.3. The summed E-state index contributed by atoms with van der Waals surface area (Å²) < 4.78 is 0. The van der Waals surface area contributed by atoms with Crippen molar-refractivity contribution >= 4 is 0 Å². The lowest BCUT2D eigenvalue weighted by atomic mass is 9.87. The van der Waals surface area contributed by atoms with E-state index in [1.807, 2.05) is 0 Å². The number of nitrogens with zero attached hydrogens (tertiary/aromatic N) is 1. The fraction of sp³-hybridized carbons (Fsp3) is 0.579. The normalized spacial score (nSPS) is 19.8. The van der Waals surface area contributed by atoms with Gasteiger partial charge in [-0.3, -0.25) is 4.90 Å². The van der Waals surface area contributed by atoms with Gasteiger partial charge in [-0.25, -0.2) is 0 Å². The first-order valence-corrected chi connectivity index (χ1v) is 7.70. The Labute approximate surface area is 132 Å². The van der Waals surface area contributed by atoms with Gasteiger partial charge < -0.3 is 5.11 Å². The Morgan fingerprint density at radius 3 is 2.48 bits per heavy atom. The van der Waals surface area contributed by atoms with Crippen LogP contribution in [0.15, 0.2) is 36.5 Å². The van der Waals surface area contributed by atoms with Crippen LogP contribution in [0.25, 0.3) is 0 Å². The minimum absolute atomic E-state index is 0.759. The lowest BCUT2D eigenvalue weighted by molar-refractivity contribution is 0.278. The second-order valence-electron chi connectivity index (χ2n) is 5.01. The SMILES string of the molecule is C#C.C=C.CCCCN1CCC2=CCC(C)C=C2C1.CO. The van der Waals surface area contributed by atoms with Crippen molar-refractivity contribution in [3.8, 4) is 12.8 Å². The van der Waals surface area contributed by atoms with Crippen LogP contribution < -0.4 is 0 Å². The maximum Gasteiger partial charge on any atom is 0.0319 e. The van der Waals surface area contributed by atoms with E-state index in [0.29, 0.717) is 0 Å². The van der Waals surface area contributed by atoms with Gasteiger partial charge in [0.15, 0.2) is 0 Å². The average molecular weight is 291 g/mol. The summed E-state index contributed by atoms with van der Waals surface area (Å²) in [4.78, 5) is 2.62. The molecular weight excluding hydrogens is 258 g/mol. The predicted molar refractivity (Wildman–Crippen MR) is 95.2 cm³/mol. The quantitative estimate of drug-likeness (QED) is 0.626. The number of terminal acetylenes is 1. The summed E-state index contributed by atoms with van der Waals surface area (Å²) in [5.41, 5.74) is 3.26. The van der Waals surface area contributed by atoms with Gasteiger partial charge in [0.2, 0.25) is 0 Å². The smallest absolute Gasteiger partial charge is 0.0319 e. The van der Waals surface area contributed by atoms with E-state index in [-0.39, 0.29) is 0 Å². The Morgan fingerprint density at radius 2 is 1.90 bits per heavy atom. The topological polar surface area (TPSA) is 23.5 Å².